The van der Waals surface area contributed by atoms with E-state index in [1.54, 1.807) is 48.5 Å². The van der Waals surface area contributed by atoms with E-state index in [-0.39, 0.29) is 6.42 Å². The summed E-state index contributed by atoms with van der Waals surface area (Å²) in [4.78, 5) is 46.8. The Kier molecular flexibility index (Phi) is 6.07. The van der Waals surface area contributed by atoms with Crippen LogP contribution < -0.4 is 5.32 Å². The summed E-state index contributed by atoms with van der Waals surface area (Å²) in [6.45, 7) is 0. The number of hydrogen-bond donors (Lipinski definition) is 3. The molecule has 0 aromatic heterocycles. The van der Waals surface area contributed by atoms with Gasteiger partial charge in [-0.2, -0.15) is 0 Å². The highest BCUT2D eigenvalue weighted by Crippen LogP contribution is 2.30. The van der Waals surface area contributed by atoms with Gasteiger partial charge in [-0.15, -0.1) is 0 Å². The zero-order valence-corrected chi connectivity index (χ0v) is 15.6. The van der Waals surface area contributed by atoms with E-state index in [9.17, 15) is 29.4 Å². The predicted molar refractivity (Wildman–Crippen MR) is 104 cm³/mol. The van der Waals surface area contributed by atoms with Gasteiger partial charge in [0.25, 0.3) is 11.8 Å². The summed E-state index contributed by atoms with van der Waals surface area (Å²) < 4.78 is 0. The summed E-state index contributed by atoms with van der Waals surface area (Å²) in [6.07, 6.45) is 1.99. The molecule has 2 amide bonds. The molecule has 1 heterocycles. The maximum absolute atomic E-state index is 11.7. The zero-order valence-electron chi connectivity index (χ0n) is 15.6. The fraction of sp³-hybridized carbons (Fsp3) is 0.273. The first-order chi connectivity index (χ1) is 13.9. The molecule has 0 saturated heterocycles. The first kappa shape index (κ1) is 20.3. The Bertz CT molecular complexity index is 953. The van der Waals surface area contributed by atoms with E-state index in [1.807, 2.05) is 0 Å². The van der Waals surface area contributed by atoms with Crippen molar-refractivity contribution in [2.45, 2.75) is 31.6 Å². The molecule has 0 aliphatic carbocycles. The van der Waals surface area contributed by atoms with Gasteiger partial charge in [-0.3, -0.25) is 24.5 Å². The van der Waals surface area contributed by atoms with Gasteiger partial charge in [0.2, 0.25) is 0 Å². The molecule has 0 radical (unpaired) electrons. The first-order valence-electron chi connectivity index (χ1n) is 9.37. The molecule has 3 rings (SSSR count). The van der Waals surface area contributed by atoms with Crippen molar-refractivity contribution in [2.24, 2.45) is 5.92 Å². The molecule has 2 unspecified atom stereocenters. The molecule has 150 valence electrons. The Balaban J connectivity index is 1.62. The summed E-state index contributed by atoms with van der Waals surface area (Å²) in [5.74, 6) is -5.24. The number of nitrogens with one attached hydrogen (secondary N) is 1. The summed E-state index contributed by atoms with van der Waals surface area (Å²) in [5.41, 5.74) is 2.06. The highest BCUT2D eigenvalue weighted by molar-refractivity contribution is 6.21. The second-order valence-corrected chi connectivity index (χ2v) is 7.08. The number of carboxylic acid groups (broad SMARTS) is 2. The van der Waals surface area contributed by atoms with E-state index in [4.69, 9.17) is 0 Å². The van der Waals surface area contributed by atoms with Crippen LogP contribution in [0.5, 0.6) is 0 Å². The van der Waals surface area contributed by atoms with Crippen LogP contribution in [0.3, 0.4) is 0 Å². The number of hydrogen-bond acceptors (Lipinski definition) is 4. The number of imide groups is 1. The molecule has 1 aliphatic heterocycles. The number of carbonyl (C=O) groups excluding carboxylic acids is 2. The van der Waals surface area contributed by atoms with E-state index in [0.717, 1.165) is 5.56 Å². The van der Waals surface area contributed by atoms with Gasteiger partial charge in [0.1, 0.15) is 0 Å². The number of benzene rings is 2. The molecule has 1 aliphatic rings. The summed E-state index contributed by atoms with van der Waals surface area (Å²) in [7, 11) is 0. The van der Waals surface area contributed by atoms with Crippen LogP contribution in [0.1, 0.15) is 57.0 Å². The van der Waals surface area contributed by atoms with Crippen molar-refractivity contribution in [1.82, 2.24) is 5.32 Å². The van der Waals surface area contributed by atoms with Gasteiger partial charge in [0.05, 0.1) is 23.0 Å². The van der Waals surface area contributed by atoms with Gasteiger partial charge in [-0.05, 0) is 42.5 Å². The molecule has 0 bridgehead atoms. The fourth-order valence-corrected chi connectivity index (χ4v) is 3.70. The van der Waals surface area contributed by atoms with E-state index in [1.165, 1.54) is 0 Å². The lowest BCUT2D eigenvalue weighted by molar-refractivity contribution is -0.150. The topological polar surface area (TPSA) is 121 Å². The van der Waals surface area contributed by atoms with Crippen molar-refractivity contribution in [3.8, 4) is 0 Å². The summed E-state index contributed by atoms with van der Waals surface area (Å²) in [5, 5.41) is 21.4. The lowest BCUT2D eigenvalue weighted by atomic mass is 9.82. The minimum atomic E-state index is -1.15. The monoisotopic (exact) mass is 395 g/mol. The highest BCUT2D eigenvalue weighted by atomic mass is 16.4. The molecule has 0 fully saturated rings. The van der Waals surface area contributed by atoms with Crippen molar-refractivity contribution >= 4 is 23.8 Å². The van der Waals surface area contributed by atoms with Crippen LogP contribution in [0.25, 0.3) is 0 Å². The Morgan fingerprint density at radius 3 is 2.21 bits per heavy atom. The quantitative estimate of drug-likeness (QED) is 0.443. The molecule has 3 N–H and O–H groups in total. The average Bonchev–Trinajstić information content (AvgIpc) is 2.97. The average molecular weight is 395 g/mol. The van der Waals surface area contributed by atoms with E-state index < -0.39 is 35.6 Å². The van der Waals surface area contributed by atoms with Crippen LogP contribution in [0.15, 0.2) is 48.5 Å². The van der Waals surface area contributed by atoms with Crippen molar-refractivity contribution < 1.29 is 29.4 Å². The normalized spacial score (nSPS) is 14.8. The molecule has 2 aromatic carbocycles. The number of aryl methyl sites for hydroxylation is 1. The molecule has 7 nitrogen and oxygen atoms in total. The largest absolute Gasteiger partial charge is 0.481 e. The molecule has 0 spiro atoms. The van der Waals surface area contributed by atoms with Crippen LogP contribution in [0.4, 0.5) is 0 Å². The number of aliphatic carboxylic acids is 2. The second-order valence-electron chi connectivity index (χ2n) is 7.08. The minimum Gasteiger partial charge on any atom is -0.481 e. The molecule has 2 atom stereocenters. The maximum Gasteiger partial charge on any atom is 0.311 e. The molecular formula is C22H21NO6. The van der Waals surface area contributed by atoms with Crippen LogP contribution in [-0.4, -0.2) is 34.0 Å². The smallest absolute Gasteiger partial charge is 0.311 e. The SMILES string of the molecule is O=C1NC(=O)c2cc(CCCCC(C(=O)O)C(C(=O)O)c3ccccc3)ccc21. The number of rotatable bonds is 9. The zero-order chi connectivity index (χ0) is 21.0. The van der Waals surface area contributed by atoms with Crippen LogP contribution in [0, 0.1) is 5.92 Å². The van der Waals surface area contributed by atoms with Gasteiger partial charge in [-0.1, -0.05) is 42.8 Å². The van der Waals surface area contributed by atoms with Gasteiger partial charge in [-0.25, -0.2) is 0 Å². The third-order valence-corrected chi connectivity index (χ3v) is 5.18. The molecular weight excluding hydrogens is 374 g/mol. The standard InChI is InChI=1S/C22H21NO6/c24-19-15-11-10-13(12-17(15)20(25)23-19)6-4-5-9-16(21(26)27)18(22(28)29)14-7-2-1-3-8-14/h1-3,7-8,10-12,16,18H,4-6,9H2,(H,26,27)(H,28,29)(H,23,24,25). The molecule has 0 saturated carbocycles. The van der Waals surface area contributed by atoms with Gasteiger partial charge < -0.3 is 10.2 Å². The fourth-order valence-electron chi connectivity index (χ4n) is 3.70. The van der Waals surface area contributed by atoms with Gasteiger partial charge >= 0.3 is 11.9 Å². The number of carbonyl (C=O) groups is 4. The Hall–Kier alpha value is -3.48. The number of carboxylic acids is 2. The Labute approximate surface area is 167 Å². The summed E-state index contributed by atoms with van der Waals surface area (Å²) in [6, 6.07) is 13.5. The van der Waals surface area contributed by atoms with E-state index >= 15 is 0 Å². The van der Waals surface area contributed by atoms with Crippen LogP contribution in [-0.2, 0) is 16.0 Å². The Morgan fingerprint density at radius 1 is 0.862 bits per heavy atom. The highest BCUT2D eigenvalue weighted by Gasteiger charge is 2.34. The third kappa shape index (κ3) is 4.51. The number of amides is 2. The van der Waals surface area contributed by atoms with Crippen molar-refractivity contribution in [3.63, 3.8) is 0 Å². The maximum atomic E-state index is 11.7. The Morgan fingerprint density at radius 2 is 1.55 bits per heavy atom. The minimum absolute atomic E-state index is 0.227. The number of fused-ring (bicyclic) bond motifs is 1. The van der Waals surface area contributed by atoms with E-state index in [2.05, 4.69) is 5.32 Å². The second kappa shape index (κ2) is 8.68. The van der Waals surface area contributed by atoms with Crippen molar-refractivity contribution in [3.05, 3.63) is 70.8 Å². The van der Waals surface area contributed by atoms with Crippen molar-refractivity contribution in [1.29, 1.82) is 0 Å². The molecule has 7 heteroatoms. The van der Waals surface area contributed by atoms with E-state index in [0.29, 0.717) is 36.0 Å². The summed E-state index contributed by atoms with van der Waals surface area (Å²) >= 11 is 0. The molecule has 29 heavy (non-hydrogen) atoms. The van der Waals surface area contributed by atoms with Crippen LogP contribution in [0.2, 0.25) is 0 Å². The van der Waals surface area contributed by atoms with Gasteiger partial charge in [0, 0.05) is 0 Å². The third-order valence-electron chi connectivity index (χ3n) is 5.18. The number of unbranched alkanes of at least 4 members (excludes halogenated alkanes) is 1. The van der Waals surface area contributed by atoms with Crippen LogP contribution >= 0.6 is 0 Å². The molecule has 2 aromatic rings. The lowest BCUT2D eigenvalue weighted by Gasteiger charge is -2.20. The lowest BCUT2D eigenvalue weighted by Crippen LogP contribution is -2.28. The van der Waals surface area contributed by atoms with Gasteiger partial charge in [0.15, 0.2) is 0 Å². The first-order valence-corrected chi connectivity index (χ1v) is 9.37. The predicted octanol–water partition coefficient (Wildman–Crippen LogP) is 2.85. The van der Waals surface area contributed by atoms with Crippen molar-refractivity contribution in [2.75, 3.05) is 0 Å².